The Balaban J connectivity index is 2.07. The normalized spacial score (nSPS) is 22.9. The van der Waals surface area contributed by atoms with Crippen LogP contribution in [0.1, 0.15) is 6.92 Å². The van der Waals surface area contributed by atoms with Crippen molar-refractivity contribution in [2.45, 2.75) is 6.92 Å². The summed E-state index contributed by atoms with van der Waals surface area (Å²) in [6, 6.07) is 9.06. The zero-order valence-electron chi connectivity index (χ0n) is 10.8. The number of benzene rings is 1. The number of ether oxygens (including phenoxy) is 1. The summed E-state index contributed by atoms with van der Waals surface area (Å²) in [4.78, 5) is 23.5. The maximum absolute atomic E-state index is 11.9. The molecule has 20 heavy (non-hydrogen) atoms. The monoisotopic (exact) mass is 268 g/mol. The third kappa shape index (κ3) is 1.48. The van der Waals surface area contributed by atoms with Gasteiger partial charge in [0.1, 0.15) is 11.5 Å². The molecule has 0 saturated heterocycles. The molecule has 1 aromatic rings. The van der Waals surface area contributed by atoms with Crippen molar-refractivity contribution < 1.29 is 19.4 Å². The van der Waals surface area contributed by atoms with Crippen LogP contribution in [0.2, 0.25) is 0 Å². The van der Waals surface area contributed by atoms with Crippen molar-refractivity contribution in [2.75, 3.05) is 0 Å². The number of carbonyl (C=O) groups is 2. The number of hydrogen-bond acceptors (Lipinski definition) is 3. The van der Waals surface area contributed by atoms with Gasteiger partial charge >= 0.3 is 5.97 Å². The lowest BCUT2D eigenvalue weighted by molar-refractivity contribution is -0.148. The molecule has 0 spiro atoms. The van der Waals surface area contributed by atoms with Crippen LogP contribution in [0, 0.1) is 5.41 Å². The van der Waals surface area contributed by atoms with Crippen LogP contribution in [0.4, 0.5) is 0 Å². The predicted octanol–water partition coefficient (Wildman–Crippen LogP) is 2.49. The fourth-order valence-electron chi connectivity index (χ4n) is 2.70. The summed E-state index contributed by atoms with van der Waals surface area (Å²) in [7, 11) is 0. The zero-order chi connectivity index (χ0) is 14.3. The van der Waals surface area contributed by atoms with Crippen molar-refractivity contribution in [3.05, 3.63) is 65.5 Å². The number of Topliss-reactive ketones (excluding diaryl/α,β-unsaturated/α-hetero) is 1. The number of hydrogen-bond donors (Lipinski definition) is 1. The maximum Gasteiger partial charge on any atom is 0.326 e. The number of carboxylic acids is 1. The maximum atomic E-state index is 11.9. The summed E-state index contributed by atoms with van der Waals surface area (Å²) in [6.07, 6.45) is 4.92. The van der Waals surface area contributed by atoms with Gasteiger partial charge in [0.15, 0.2) is 11.2 Å². The van der Waals surface area contributed by atoms with Gasteiger partial charge in [0.05, 0.1) is 0 Å². The molecule has 0 aromatic heterocycles. The number of carbonyl (C=O) groups excluding carboxylic acids is 1. The van der Waals surface area contributed by atoms with Gasteiger partial charge in [-0.15, -0.1) is 0 Å². The van der Waals surface area contributed by atoms with E-state index in [-0.39, 0.29) is 0 Å². The first-order valence-electron chi connectivity index (χ1n) is 6.19. The molecular weight excluding hydrogens is 256 g/mol. The SMILES string of the molecule is CC(=O)C1(C(=O)O)C2=CC(Oc3ccccc3)=C1C=C2. The van der Waals surface area contributed by atoms with Crippen molar-refractivity contribution in [1.82, 2.24) is 0 Å². The second-order valence-electron chi connectivity index (χ2n) is 4.74. The van der Waals surface area contributed by atoms with Crippen LogP contribution in [0.5, 0.6) is 5.75 Å². The molecule has 0 fully saturated rings. The highest BCUT2D eigenvalue weighted by Crippen LogP contribution is 2.50. The third-order valence-corrected chi connectivity index (χ3v) is 3.64. The molecular formula is C16H12O4. The zero-order valence-corrected chi connectivity index (χ0v) is 10.8. The number of allylic oxidation sites excluding steroid dienone is 3. The molecule has 0 radical (unpaired) electrons. The molecule has 3 rings (SSSR count). The summed E-state index contributed by atoms with van der Waals surface area (Å²) in [6.45, 7) is 1.29. The highest BCUT2D eigenvalue weighted by molar-refractivity contribution is 6.12. The van der Waals surface area contributed by atoms with Crippen molar-refractivity contribution in [3.63, 3.8) is 0 Å². The minimum absolute atomic E-state index is 0.399. The van der Waals surface area contributed by atoms with E-state index in [1.165, 1.54) is 6.92 Å². The van der Waals surface area contributed by atoms with E-state index in [4.69, 9.17) is 4.74 Å². The van der Waals surface area contributed by atoms with Gasteiger partial charge in [-0.1, -0.05) is 30.4 Å². The van der Waals surface area contributed by atoms with Crippen LogP contribution in [0.25, 0.3) is 0 Å². The lowest BCUT2D eigenvalue weighted by Crippen LogP contribution is -2.37. The molecule has 4 heteroatoms. The number of ketones is 1. The van der Waals surface area contributed by atoms with E-state index < -0.39 is 17.2 Å². The van der Waals surface area contributed by atoms with Crippen LogP contribution in [0.3, 0.4) is 0 Å². The summed E-state index contributed by atoms with van der Waals surface area (Å²) >= 11 is 0. The van der Waals surface area contributed by atoms with Gasteiger partial charge in [0, 0.05) is 5.57 Å². The van der Waals surface area contributed by atoms with Crippen LogP contribution < -0.4 is 4.74 Å². The molecule has 2 aliphatic carbocycles. The molecule has 100 valence electrons. The molecule has 2 aliphatic rings. The number of para-hydroxylation sites is 1. The lowest BCUT2D eigenvalue weighted by Gasteiger charge is -2.21. The summed E-state index contributed by atoms with van der Waals surface area (Å²) in [5, 5.41) is 9.51. The topological polar surface area (TPSA) is 63.6 Å². The van der Waals surface area contributed by atoms with E-state index in [1.807, 2.05) is 18.2 Å². The molecule has 1 aromatic carbocycles. The Morgan fingerprint density at radius 3 is 2.40 bits per heavy atom. The minimum Gasteiger partial charge on any atom is -0.480 e. The summed E-state index contributed by atoms with van der Waals surface area (Å²) < 4.78 is 5.70. The summed E-state index contributed by atoms with van der Waals surface area (Å²) in [5.74, 6) is -0.548. The van der Waals surface area contributed by atoms with Crippen LogP contribution in [-0.4, -0.2) is 16.9 Å². The molecule has 4 nitrogen and oxygen atoms in total. The van der Waals surface area contributed by atoms with E-state index in [9.17, 15) is 14.7 Å². The number of aliphatic carboxylic acids is 1. The van der Waals surface area contributed by atoms with Gasteiger partial charge < -0.3 is 9.84 Å². The van der Waals surface area contributed by atoms with Gasteiger partial charge in [-0.3, -0.25) is 9.59 Å². The quantitative estimate of drug-likeness (QED) is 0.852. The van der Waals surface area contributed by atoms with Gasteiger partial charge in [0.2, 0.25) is 0 Å². The first kappa shape index (κ1) is 12.4. The fourth-order valence-corrected chi connectivity index (χ4v) is 2.70. The molecule has 1 atom stereocenters. The van der Waals surface area contributed by atoms with E-state index in [1.54, 1.807) is 30.4 Å². The van der Waals surface area contributed by atoms with E-state index >= 15 is 0 Å². The van der Waals surface area contributed by atoms with Crippen molar-refractivity contribution in [1.29, 1.82) is 0 Å². The van der Waals surface area contributed by atoms with Crippen molar-refractivity contribution >= 4 is 11.8 Å². The standard InChI is InChI=1S/C16H12O4/c1-10(17)16(15(18)19)11-7-8-13(16)14(9-11)20-12-5-3-2-4-6-12/h2-9H,1H3,(H,18,19). The molecule has 0 saturated carbocycles. The van der Waals surface area contributed by atoms with Crippen LogP contribution >= 0.6 is 0 Å². The highest BCUT2D eigenvalue weighted by Gasteiger charge is 2.55. The van der Waals surface area contributed by atoms with Gasteiger partial charge in [-0.05, 0) is 30.7 Å². The van der Waals surface area contributed by atoms with Gasteiger partial charge in [-0.2, -0.15) is 0 Å². The first-order chi connectivity index (χ1) is 9.56. The molecule has 1 unspecified atom stereocenters. The number of fused-ring (bicyclic) bond motifs is 2. The second-order valence-corrected chi connectivity index (χ2v) is 4.74. The minimum atomic E-state index is -1.59. The number of carboxylic acid groups (broad SMARTS) is 1. The van der Waals surface area contributed by atoms with Crippen LogP contribution in [-0.2, 0) is 9.59 Å². The smallest absolute Gasteiger partial charge is 0.326 e. The Morgan fingerprint density at radius 1 is 1.15 bits per heavy atom. The van der Waals surface area contributed by atoms with Crippen molar-refractivity contribution in [2.24, 2.45) is 5.41 Å². The van der Waals surface area contributed by atoms with Crippen LogP contribution in [0.15, 0.2) is 65.5 Å². The second kappa shape index (κ2) is 4.20. The third-order valence-electron chi connectivity index (χ3n) is 3.64. The van der Waals surface area contributed by atoms with Gasteiger partial charge in [-0.25, -0.2) is 0 Å². The lowest BCUT2D eigenvalue weighted by atomic mass is 9.78. The Bertz CT molecular complexity index is 678. The predicted molar refractivity (Wildman–Crippen MR) is 72.1 cm³/mol. The van der Waals surface area contributed by atoms with E-state index in [0.29, 0.717) is 22.7 Å². The fraction of sp³-hybridized carbons (Fsp3) is 0.125. The van der Waals surface area contributed by atoms with Crippen molar-refractivity contribution in [3.8, 4) is 5.75 Å². The average Bonchev–Trinajstić information content (AvgIpc) is 2.93. The Morgan fingerprint density at radius 2 is 1.85 bits per heavy atom. The molecule has 2 bridgehead atoms. The highest BCUT2D eigenvalue weighted by atomic mass is 16.5. The Labute approximate surface area is 115 Å². The van der Waals surface area contributed by atoms with E-state index in [2.05, 4.69) is 0 Å². The Kier molecular flexibility index (Phi) is 2.61. The Hall–Kier alpha value is -2.62. The first-order valence-corrected chi connectivity index (χ1v) is 6.19. The molecule has 0 amide bonds. The van der Waals surface area contributed by atoms with Gasteiger partial charge in [0.25, 0.3) is 0 Å². The largest absolute Gasteiger partial charge is 0.480 e. The molecule has 1 N–H and O–H groups in total. The molecule has 0 heterocycles. The average molecular weight is 268 g/mol. The van der Waals surface area contributed by atoms with E-state index in [0.717, 1.165) is 0 Å². The molecule has 0 aliphatic heterocycles. The summed E-state index contributed by atoms with van der Waals surface area (Å²) in [5.41, 5.74) is -0.737. The number of rotatable bonds is 4.